The minimum atomic E-state index is -0.842. The highest BCUT2D eigenvalue weighted by Crippen LogP contribution is 2.32. The second-order valence-corrected chi connectivity index (χ2v) is 3.17. The standard InChI is InChI=1S/C9H13FN2O2/c1-4(13)7(11)5-2-3-6(10)8(12)9(5)14/h2-4,7,13-14H,11-12H2,1H3. The van der Waals surface area contributed by atoms with Crippen molar-refractivity contribution in [3.05, 3.63) is 23.5 Å². The van der Waals surface area contributed by atoms with Crippen molar-refractivity contribution in [2.24, 2.45) is 5.73 Å². The van der Waals surface area contributed by atoms with Crippen LogP contribution < -0.4 is 11.5 Å². The third-order valence-electron chi connectivity index (χ3n) is 2.07. The molecule has 14 heavy (non-hydrogen) atoms. The molecule has 6 N–H and O–H groups in total. The van der Waals surface area contributed by atoms with Crippen molar-refractivity contribution in [3.63, 3.8) is 0 Å². The second-order valence-electron chi connectivity index (χ2n) is 3.17. The number of nitrogen functional groups attached to an aromatic ring is 1. The molecule has 0 aliphatic heterocycles. The summed E-state index contributed by atoms with van der Waals surface area (Å²) in [5.74, 6) is -1.11. The first-order valence-corrected chi connectivity index (χ1v) is 4.15. The number of aromatic hydroxyl groups is 1. The maximum absolute atomic E-state index is 12.8. The molecule has 1 aromatic carbocycles. The van der Waals surface area contributed by atoms with E-state index < -0.39 is 23.7 Å². The van der Waals surface area contributed by atoms with Crippen LogP contribution in [0.25, 0.3) is 0 Å². The Morgan fingerprint density at radius 2 is 2.00 bits per heavy atom. The van der Waals surface area contributed by atoms with Crippen LogP contribution >= 0.6 is 0 Å². The molecule has 0 aliphatic carbocycles. The third kappa shape index (κ3) is 1.78. The zero-order valence-electron chi connectivity index (χ0n) is 7.74. The summed E-state index contributed by atoms with van der Waals surface area (Å²) in [6.45, 7) is 1.48. The van der Waals surface area contributed by atoms with Gasteiger partial charge in [0.15, 0.2) is 0 Å². The predicted molar refractivity (Wildman–Crippen MR) is 51.1 cm³/mol. The predicted octanol–water partition coefficient (Wildman–Crippen LogP) is 0.494. The van der Waals surface area contributed by atoms with Gasteiger partial charge in [0.2, 0.25) is 0 Å². The zero-order chi connectivity index (χ0) is 10.9. The molecule has 0 aromatic heterocycles. The van der Waals surface area contributed by atoms with E-state index >= 15 is 0 Å². The Balaban J connectivity index is 3.17. The van der Waals surface area contributed by atoms with Gasteiger partial charge in [-0.15, -0.1) is 0 Å². The highest BCUT2D eigenvalue weighted by molar-refractivity contribution is 5.57. The lowest BCUT2D eigenvalue weighted by atomic mass is 10.0. The topological polar surface area (TPSA) is 92.5 Å². The Morgan fingerprint density at radius 1 is 1.43 bits per heavy atom. The number of hydrogen-bond acceptors (Lipinski definition) is 4. The maximum atomic E-state index is 12.8. The summed E-state index contributed by atoms with van der Waals surface area (Å²) in [6, 6.07) is 1.63. The minimum Gasteiger partial charge on any atom is -0.505 e. The second kappa shape index (κ2) is 3.81. The van der Waals surface area contributed by atoms with E-state index in [4.69, 9.17) is 11.5 Å². The van der Waals surface area contributed by atoms with Gasteiger partial charge in [-0.2, -0.15) is 0 Å². The van der Waals surface area contributed by atoms with Gasteiger partial charge in [0.1, 0.15) is 17.3 Å². The number of phenolic OH excluding ortho intramolecular Hbond substituents is 1. The van der Waals surface area contributed by atoms with E-state index in [1.165, 1.54) is 13.0 Å². The molecule has 0 bridgehead atoms. The van der Waals surface area contributed by atoms with Crippen molar-refractivity contribution in [2.75, 3.05) is 5.73 Å². The molecule has 1 rings (SSSR count). The molecule has 0 fully saturated rings. The summed E-state index contributed by atoms with van der Waals surface area (Å²) in [5.41, 5.74) is 10.7. The van der Waals surface area contributed by atoms with E-state index in [2.05, 4.69) is 0 Å². The minimum absolute atomic E-state index is 0.235. The van der Waals surface area contributed by atoms with Crippen LogP contribution in [0.1, 0.15) is 18.5 Å². The Kier molecular flexibility index (Phi) is 2.93. The Bertz CT molecular complexity index is 342. The fourth-order valence-electron chi connectivity index (χ4n) is 1.13. The molecule has 2 unspecified atom stereocenters. The van der Waals surface area contributed by atoms with E-state index in [1.54, 1.807) is 0 Å². The van der Waals surface area contributed by atoms with E-state index in [0.29, 0.717) is 0 Å². The lowest BCUT2D eigenvalue weighted by Gasteiger charge is -2.17. The van der Waals surface area contributed by atoms with Crippen molar-refractivity contribution in [1.29, 1.82) is 0 Å². The molecule has 0 aliphatic rings. The van der Waals surface area contributed by atoms with Gasteiger partial charge in [-0.3, -0.25) is 0 Å². The molecule has 0 amide bonds. The SMILES string of the molecule is CC(O)C(N)c1ccc(F)c(N)c1O. The van der Waals surface area contributed by atoms with Gasteiger partial charge < -0.3 is 21.7 Å². The number of halogens is 1. The Labute approximate surface area is 81.0 Å². The monoisotopic (exact) mass is 200 g/mol. The van der Waals surface area contributed by atoms with E-state index in [9.17, 15) is 14.6 Å². The molecule has 2 atom stereocenters. The van der Waals surface area contributed by atoms with Gasteiger partial charge in [-0.05, 0) is 13.0 Å². The van der Waals surface area contributed by atoms with Crippen LogP contribution in [0.15, 0.2) is 12.1 Å². The van der Waals surface area contributed by atoms with Crippen molar-refractivity contribution in [2.45, 2.75) is 19.1 Å². The molecule has 5 heteroatoms. The first kappa shape index (κ1) is 10.7. The van der Waals surface area contributed by atoms with Gasteiger partial charge in [-0.1, -0.05) is 6.07 Å². The van der Waals surface area contributed by atoms with Crippen LogP contribution in [-0.2, 0) is 0 Å². The van der Waals surface area contributed by atoms with Crippen LogP contribution in [0.3, 0.4) is 0 Å². The molecule has 78 valence electrons. The first-order valence-electron chi connectivity index (χ1n) is 4.15. The lowest BCUT2D eigenvalue weighted by molar-refractivity contribution is 0.163. The fourth-order valence-corrected chi connectivity index (χ4v) is 1.13. The number of aliphatic hydroxyl groups excluding tert-OH is 1. The average molecular weight is 200 g/mol. The maximum Gasteiger partial charge on any atom is 0.149 e. The van der Waals surface area contributed by atoms with Gasteiger partial charge >= 0.3 is 0 Å². The highest BCUT2D eigenvalue weighted by atomic mass is 19.1. The van der Waals surface area contributed by atoms with E-state index in [-0.39, 0.29) is 11.3 Å². The molecule has 0 saturated carbocycles. The number of hydrogen-bond donors (Lipinski definition) is 4. The normalized spacial score (nSPS) is 15.1. The molecule has 0 heterocycles. The number of anilines is 1. The largest absolute Gasteiger partial charge is 0.505 e. The van der Waals surface area contributed by atoms with Crippen molar-refractivity contribution in [1.82, 2.24) is 0 Å². The van der Waals surface area contributed by atoms with Crippen molar-refractivity contribution < 1.29 is 14.6 Å². The van der Waals surface area contributed by atoms with Crippen LogP contribution in [0.2, 0.25) is 0 Å². The highest BCUT2D eigenvalue weighted by Gasteiger charge is 2.18. The van der Waals surface area contributed by atoms with Crippen LogP contribution in [0.4, 0.5) is 10.1 Å². The Morgan fingerprint density at radius 3 is 2.50 bits per heavy atom. The number of phenols is 1. The summed E-state index contributed by atoms with van der Waals surface area (Å²) < 4.78 is 12.8. The quantitative estimate of drug-likeness (QED) is 0.413. The van der Waals surface area contributed by atoms with Gasteiger partial charge in [-0.25, -0.2) is 4.39 Å². The van der Waals surface area contributed by atoms with Crippen LogP contribution in [0.5, 0.6) is 5.75 Å². The van der Waals surface area contributed by atoms with Crippen LogP contribution in [0, 0.1) is 5.82 Å². The van der Waals surface area contributed by atoms with E-state index in [1.807, 2.05) is 0 Å². The number of nitrogens with two attached hydrogens (primary N) is 2. The smallest absolute Gasteiger partial charge is 0.149 e. The molecular formula is C9H13FN2O2. The summed E-state index contributed by atoms with van der Waals surface area (Å²) in [7, 11) is 0. The fraction of sp³-hybridized carbons (Fsp3) is 0.333. The average Bonchev–Trinajstić information content (AvgIpc) is 2.13. The summed E-state index contributed by atoms with van der Waals surface area (Å²) in [4.78, 5) is 0. The van der Waals surface area contributed by atoms with Gasteiger partial charge in [0, 0.05) is 5.56 Å². The number of rotatable bonds is 2. The van der Waals surface area contributed by atoms with Crippen molar-refractivity contribution >= 4 is 5.69 Å². The Hall–Kier alpha value is -1.33. The summed E-state index contributed by atoms with van der Waals surface area (Å²) in [5, 5.41) is 18.6. The number of benzene rings is 1. The molecule has 0 radical (unpaired) electrons. The van der Waals surface area contributed by atoms with Gasteiger partial charge in [0.25, 0.3) is 0 Å². The molecule has 0 saturated heterocycles. The number of aliphatic hydroxyl groups is 1. The van der Waals surface area contributed by atoms with E-state index in [0.717, 1.165) is 6.07 Å². The summed E-state index contributed by atoms with van der Waals surface area (Å²) in [6.07, 6.45) is -0.842. The summed E-state index contributed by atoms with van der Waals surface area (Å²) >= 11 is 0. The first-order chi connectivity index (χ1) is 6.45. The third-order valence-corrected chi connectivity index (χ3v) is 2.07. The molecule has 0 spiro atoms. The molecule has 4 nitrogen and oxygen atoms in total. The lowest BCUT2D eigenvalue weighted by Crippen LogP contribution is -2.23. The zero-order valence-corrected chi connectivity index (χ0v) is 7.74. The molecule has 1 aromatic rings. The van der Waals surface area contributed by atoms with Crippen molar-refractivity contribution in [3.8, 4) is 5.75 Å². The van der Waals surface area contributed by atoms with Gasteiger partial charge in [0.05, 0.1) is 12.1 Å². The van der Waals surface area contributed by atoms with Crippen LogP contribution in [-0.4, -0.2) is 16.3 Å². The molecular weight excluding hydrogens is 187 g/mol.